The van der Waals surface area contributed by atoms with E-state index in [4.69, 9.17) is 4.52 Å². The molecule has 0 radical (unpaired) electrons. The molecule has 1 aromatic heterocycles. The van der Waals surface area contributed by atoms with Crippen LogP contribution in [0, 0.1) is 13.8 Å². The van der Waals surface area contributed by atoms with Crippen molar-refractivity contribution < 1.29 is 9.32 Å². The van der Waals surface area contributed by atoms with Crippen LogP contribution < -0.4 is 9.91 Å². The number of quaternary nitrogens is 1. The first-order valence-electron chi connectivity index (χ1n) is 10.00. The van der Waals surface area contributed by atoms with Crippen LogP contribution in [-0.2, 0) is 0 Å². The van der Waals surface area contributed by atoms with Gasteiger partial charge in [-0.25, -0.2) is 4.59 Å². The Labute approximate surface area is 160 Å². The van der Waals surface area contributed by atoms with E-state index in [0.29, 0.717) is 11.7 Å². The highest BCUT2D eigenvalue weighted by Crippen LogP contribution is 2.38. The fraction of sp³-hybridized carbons (Fsp3) is 0.524. The van der Waals surface area contributed by atoms with Crippen molar-refractivity contribution >= 4 is 17.3 Å². The van der Waals surface area contributed by atoms with Gasteiger partial charge in [0.25, 0.3) is 5.91 Å². The lowest BCUT2D eigenvalue weighted by molar-refractivity contribution is -0.00237. The molecule has 3 heterocycles. The Hall–Kier alpha value is -2.18. The topological polar surface area (TPSA) is 58.4 Å². The maximum Gasteiger partial charge on any atom is 0.294 e. The number of rotatable bonds is 4. The summed E-state index contributed by atoms with van der Waals surface area (Å²) in [5.41, 5.74) is 3.94. The van der Waals surface area contributed by atoms with Gasteiger partial charge in [0, 0.05) is 43.3 Å². The number of nitrogens with zero attached hydrogens (tertiary/aromatic N) is 3. The van der Waals surface area contributed by atoms with Gasteiger partial charge in [-0.15, -0.1) is 5.01 Å². The van der Waals surface area contributed by atoms with Gasteiger partial charge >= 0.3 is 0 Å². The number of hydrogen-bond acceptors (Lipinski definition) is 4. The largest absolute Gasteiger partial charge is 0.351 e. The predicted octanol–water partition coefficient (Wildman–Crippen LogP) is 4.04. The first-order chi connectivity index (χ1) is 13.0. The van der Waals surface area contributed by atoms with Crippen molar-refractivity contribution in [2.24, 2.45) is 0 Å². The summed E-state index contributed by atoms with van der Waals surface area (Å²) in [6.45, 7) is 9.73. The van der Waals surface area contributed by atoms with E-state index in [9.17, 15) is 4.79 Å². The molecular weight excluding hydrogens is 340 g/mol. The van der Waals surface area contributed by atoms with Crippen molar-refractivity contribution in [3.8, 4) is 0 Å². The summed E-state index contributed by atoms with van der Waals surface area (Å²) in [5.74, 6) is -0.0189. The maximum atomic E-state index is 12.4. The lowest BCUT2D eigenvalue weighted by Gasteiger charge is -2.43. The Morgan fingerprint density at radius 1 is 1.22 bits per heavy atom. The molecule has 144 valence electrons. The van der Waals surface area contributed by atoms with Crippen LogP contribution in [0.2, 0.25) is 0 Å². The van der Waals surface area contributed by atoms with Crippen LogP contribution in [0.1, 0.15) is 54.4 Å². The number of benzene rings is 1. The fourth-order valence-electron chi connectivity index (χ4n) is 4.71. The molecule has 2 aliphatic heterocycles. The van der Waals surface area contributed by atoms with Crippen molar-refractivity contribution in [1.82, 2.24) is 14.8 Å². The molecule has 27 heavy (non-hydrogen) atoms. The highest BCUT2D eigenvalue weighted by Gasteiger charge is 2.45. The van der Waals surface area contributed by atoms with Crippen LogP contribution in [0.3, 0.4) is 0 Å². The van der Waals surface area contributed by atoms with Gasteiger partial charge < -0.3 is 9.84 Å². The molecule has 6 heteroatoms. The summed E-state index contributed by atoms with van der Waals surface area (Å²) >= 11 is 0. The Bertz CT molecular complexity index is 838. The Morgan fingerprint density at radius 3 is 2.59 bits per heavy atom. The third-order valence-electron chi connectivity index (χ3n) is 6.11. The van der Waals surface area contributed by atoms with E-state index in [0.717, 1.165) is 15.8 Å². The lowest BCUT2D eigenvalue weighted by Crippen LogP contribution is -2.61. The molecule has 1 N–H and O–H groups in total. The second kappa shape index (κ2) is 7.09. The number of carbonyl (C=O) groups excluding carboxylic acids is 1. The number of amides is 1. The second-order valence-electron chi connectivity index (χ2n) is 8.02. The predicted molar refractivity (Wildman–Crippen MR) is 107 cm³/mol. The van der Waals surface area contributed by atoms with E-state index in [1.807, 2.05) is 6.07 Å². The van der Waals surface area contributed by atoms with Gasteiger partial charge in [0.15, 0.2) is 5.69 Å². The van der Waals surface area contributed by atoms with Crippen LogP contribution in [0.25, 0.3) is 0 Å². The zero-order valence-corrected chi connectivity index (χ0v) is 16.5. The van der Waals surface area contributed by atoms with Crippen LogP contribution in [0.5, 0.6) is 0 Å². The van der Waals surface area contributed by atoms with Crippen molar-refractivity contribution in [3.63, 3.8) is 0 Å². The SMILES string of the molecule is Cc1cc(C(=O)Nc2ccc([N+]3(N4CCC[C@@H]4C)CCCC3)cc2C)on1. The quantitative estimate of drug-likeness (QED) is 0.826. The van der Waals surface area contributed by atoms with E-state index < -0.39 is 0 Å². The third kappa shape index (κ3) is 3.28. The number of aromatic nitrogens is 1. The molecule has 0 aliphatic carbocycles. The van der Waals surface area contributed by atoms with Crippen LogP contribution in [-0.4, -0.2) is 41.7 Å². The zero-order chi connectivity index (χ0) is 19.0. The van der Waals surface area contributed by atoms with Gasteiger partial charge in [0.1, 0.15) is 13.1 Å². The van der Waals surface area contributed by atoms with Crippen LogP contribution in [0.15, 0.2) is 28.8 Å². The van der Waals surface area contributed by atoms with E-state index in [1.54, 1.807) is 13.0 Å². The second-order valence-corrected chi connectivity index (χ2v) is 8.02. The van der Waals surface area contributed by atoms with Gasteiger partial charge in [-0.2, -0.15) is 0 Å². The third-order valence-corrected chi connectivity index (χ3v) is 6.11. The van der Waals surface area contributed by atoms with E-state index >= 15 is 0 Å². The summed E-state index contributed by atoms with van der Waals surface area (Å²) in [7, 11) is 0. The molecule has 1 aromatic carbocycles. The average Bonchev–Trinajstić information content (AvgIpc) is 3.37. The monoisotopic (exact) mass is 369 g/mol. The van der Waals surface area contributed by atoms with Crippen molar-refractivity contribution in [1.29, 1.82) is 0 Å². The molecule has 2 saturated heterocycles. The number of hydrogen-bond donors (Lipinski definition) is 1. The van der Waals surface area contributed by atoms with Gasteiger partial charge in [0.2, 0.25) is 5.76 Å². The maximum absolute atomic E-state index is 12.4. The lowest BCUT2D eigenvalue weighted by atomic mass is 10.1. The average molecular weight is 369 g/mol. The van der Waals surface area contributed by atoms with Crippen molar-refractivity contribution in [3.05, 3.63) is 41.3 Å². The molecule has 0 spiro atoms. The first-order valence-corrected chi connectivity index (χ1v) is 10.00. The molecule has 2 aromatic rings. The van der Waals surface area contributed by atoms with Gasteiger partial charge in [-0.1, -0.05) is 5.16 Å². The Kier molecular flexibility index (Phi) is 4.78. The summed E-state index contributed by atoms with van der Waals surface area (Å²) in [6.07, 6.45) is 5.10. The first kappa shape index (κ1) is 18.2. The molecule has 1 amide bonds. The minimum Gasteiger partial charge on any atom is -0.351 e. The summed E-state index contributed by atoms with van der Waals surface area (Å²) in [5, 5.41) is 9.42. The van der Waals surface area contributed by atoms with Crippen LogP contribution in [0.4, 0.5) is 11.4 Å². The highest BCUT2D eigenvalue weighted by molar-refractivity contribution is 6.02. The fourth-order valence-corrected chi connectivity index (χ4v) is 4.71. The van der Waals surface area contributed by atoms with E-state index in [1.165, 1.54) is 51.0 Å². The molecule has 1 atom stereocenters. The summed E-state index contributed by atoms with van der Waals surface area (Å²) < 4.78 is 6.04. The minimum absolute atomic E-state index is 0.241. The molecule has 2 aliphatic rings. The van der Waals surface area contributed by atoms with Crippen LogP contribution >= 0.6 is 0 Å². The Morgan fingerprint density at radius 2 is 2.00 bits per heavy atom. The number of carbonyl (C=O) groups is 1. The van der Waals surface area contributed by atoms with E-state index in [2.05, 4.69) is 41.5 Å². The molecule has 2 fully saturated rings. The van der Waals surface area contributed by atoms with Crippen molar-refractivity contribution in [2.75, 3.05) is 25.0 Å². The van der Waals surface area contributed by atoms with Crippen molar-refractivity contribution in [2.45, 2.75) is 52.5 Å². The van der Waals surface area contributed by atoms with Gasteiger partial charge in [0.05, 0.1) is 11.7 Å². The summed E-state index contributed by atoms with van der Waals surface area (Å²) in [6, 6.07) is 8.74. The molecule has 0 unspecified atom stereocenters. The molecule has 0 bridgehead atoms. The van der Waals surface area contributed by atoms with E-state index in [-0.39, 0.29) is 11.7 Å². The summed E-state index contributed by atoms with van der Waals surface area (Å²) in [4.78, 5) is 12.4. The number of anilines is 1. The molecular formula is C21H29N4O2+. The highest BCUT2D eigenvalue weighted by atomic mass is 16.5. The molecule has 6 nitrogen and oxygen atoms in total. The number of nitrogens with one attached hydrogen (secondary N) is 1. The minimum atomic E-state index is -0.260. The normalized spacial score (nSPS) is 22.3. The Balaban J connectivity index is 1.59. The molecule has 0 saturated carbocycles. The number of aryl methyl sites for hydroxylation is 2. The van der Waals surface area contributed by atoms with Gasteiger partial charge in [-0.05, 0) is 45.2 Å². The van der Waals surface area contributed by atoms with Gasteiger partial charge in [-0.3, -0.25) is 4.79 Å². The smallest absolute Gasteiger partial charge is 0.294 e. The zero-order valence-electron chi connectivity index (χ0n) is 16.5. The standard InChI is InChI=1S/C21H28N4O2/c1-15-13-18(25(11-4-5-12-25)24-10-6-7-17(24)3)8-9-19(15)22-21(26)20-14-16(2)23-27-20/h8-9,13-14,17H,4-7,10-12H2,1-3H3/p+1/t17-/m0/s1. The molecule has 4 rings (SSSR count).